The lowest BCUT2D eigenvalue weighted by molar-refractivity contribution is 0.979. The van der Waals surface area contributed by atoms with Crippen LogP contribution in [0.1, 0.15) is 0 Å². The smallest absolute Gasteiger partial charge is 0.154 e. The molecule has 2 aromatic heterocycles. The molecule has 5 heteroatoms. The molecule has 0 aromatic carbocycles. The van der Waals surface area contributed by atoms with Crippen LogP contribution in [0.3, 0.4) is 0 Å². The summed E-state index contributed by atoms with van der Waals surface area (Å²) in [6.07, 6.45) is 1.53. The molecule has 62 valence electrons. The molecule has 2 heterocycles. The van der Waals surface area contributed by atoms with Crippen molar-refractivity contribution in [2.75, 3.05) is 12.1 Å². The van der Waals surface area contributed by atoms with Crippen LogP contribution in [0.15, 0.2) is 17.8 Å². The molecule has 2 aromatic rings. The van der Waals surface area contributed by atoms with E-state index < -0.39 is 0 Å². The molecule has 0 aliphatic rings. The highest BCUT2D eigenvalue weighted by atomic mass is 32.1. The summed E-state index contributed by atoms with van der Waals surface area (Å²) >= 11 is 1.59. The van der Waals surface area contributed by atoms with Gasteiger partial charge in [0.2, 0.25) is 0 Å². The molecule has 4 nitrogen and oxygen atoms in total. The van der Waals surface area contributed by atoms with Gasteiger partial charge in [0.1, 0.15) is 11.2 Å². The van der Waals surface area contributed by atoms with Crippen LogP contribution in [0.4, 0.5) is 5.82 Å². The molecule has 2 N–H and O–H groups in total. The average Bonchev–Trinajstić information content (AvgIpc) is 2.49. The van der Waals surface area contributed by atoms with Crippen molar-refractivity contribution in [2.24, 2.45) is 5.84 Å². The molecular formula is C7H8N4S. The molecule has 0 spiro atoms. The van der Waals surface area contributed by atoms with Gasteiger partial charge < -0.3 is 0 Å². The molecule has 12 heavy (non-hydrogen) atoms. The largest absolute Gasteiger partial charge is 0.297 e. The van der Waals surface area contributed by atoms with Crippen molar-refractivity contribution in [3.63, 3.8) is 0 Å². The minimum atomic E-state index is 0.765. The van der Waals surface area contributed by atoms with Crippen molar-refractivity contribution in [1.82, 2.24) is 9.97 Å². The average molecular weight is 180 g/mol. The SMILES string of the molecule is CN(N)c1ncnc2sccc12. The van der Waals surface area contributed by atoms with E-state index in [1.807, 2.05) is 11.4 Å². The van der Waals surface area contributed by atoms with E-state index in [1.165, 1.54) is 11.3 Å². The summed E-state index contributed by atoms with van der Waals surface area (Å²) in [5.41, 5.74) is 0. The van der Waals surface area contributed by atoms with Crippen LogP contribution in [0.25, 0.3) is 10.2 Å². The lowest BCUT2D eigenvalue weighted by atomic mass is 10.4. The highest BCUT2D eigenvalue weighted by molar-refractivity contribution is 7.16. The monoisotopic (exact) mass is 180 g/mol. The molecule has 0 radical (unpaired) electrons. The Morgan fingerprint density at radius 1 is 1.50 bits per heavy atom. The summed E-state index contributed by atoms with van der Waals surface area (Å²) in [6.45, 7) is 0. The molecule has 0 unspecified atom stereocenters. The van der Waals surface area contributed by atoms with E-state index in [9.17, 15) is 0 Å². The maximum Gasteiger partial charge on any atom is 0.154 e. The normalized spacial score (nSPS) is 10.5. The van der Waals surface area contributed by atoms with E-state index in [1.54, 1.807) is 18.4 Å². The van der Waals surface area contributed by atoms with Gasteiger partial charge in [0, 0.05) is 7.05 Å². The Kier molecular flexibility index (Phi) is 1.67. The topological polar surface area (TPSA) is 55.0 Å². The van der Waals surface area contributed by atoms with Gasteiger partial charge in [0.15, 0.2) is 5.82 Å². The number of thiophene rings is 1. The van der Waals surface area contributed by atoms with E-state index in [4.69, 9.17) is 5.84 Å². The molecule has 0 atom stereocenters. The fourth-order valence-electron chi connectivity index (χ4n) is 1.06. The maximum atomic E-state index is 5.59. The number of nitrogens with zero attached hydrogens (tertiary/aromatic N) is 3. The van der Waals surface area contributed by atoms with E-state index in [-0.39, 0.29) is 0 Å². The fourth-order valence-corrected chi connectivity index (χ4v) is 1.79. The van der Waals surface area contributed by atoms with Crippen LogP contribution in [-0.4, -0.2) is 17.0 Å². The van der Waals surface area contributed by atoms with Crippen LogP contribution in [0.2, 0.25) is 0 Å². The molecule has 0 fully saturated rings. The van der Waals surface area contributed by atoms with Crippen molar-refractivity contribution in [2.45, 2.75) is 0 Å². The number of fused-ring (bicyclic) bond motifs is 1. The van der Waals surface area contributed by atoms with E-state index in [0.29, 0.717) is 0 Å². The zero-order valence-corrected chi connectivity index (χ0v) is 7.38. The van der Waals surface area contributed by atoms with Crippen molar-refractivity contribution in [1.29, 1.82) is 0 Å². The predicted octanol–water partition coefficient (Wildman–Crippen LogP) is 1.00. The van der Waals surface area contributed by atoms with Gasteiger partial charge in [-0.1, -0.05) is 0 Å². The van der Waals surface area contributed by atoms with Crippen LogP contribution in [0, 0.1) is 0 Å². The van der Waals surface area contributed by atoms with E-state index in [2.05, 4.69) is 9.97 Å². The van der Waals surface area contributed by atoms with Gasteiger partial charge in [-0.15, -0.1) is 11.3 Å². The Balaban J connectivity index is 2.73. The number of anilines is 1. The number of hydrogen-bond donors (Lipinski definition) is 1. The van der Waals surface area contributed by atoms with Gasteiger partial charge in [0.25, 0.3) is 0 Å². The minimum absolute atomic E-state index is 0.765. The highest BCUT2D eigenvalue weighted by Crippen LogP contribution is 2.24. The number of hydrazine groups is 1. The Morgan fingerprint density at radius 2 is 2.33 bits per heavy atom. The number of hydrogen-bond acceptors (Lipinski definition) is 5. The number of rotatable bonds is 1. The first-order chi connectivity index (χ1) is 5.79. The molecule has 2 rings (SSSR count). The molecular weight excluding hydrogens is 172 g/mol. The summed E-state index contributed by atoms with van der Waals surface area (Å²) < 4.78 is 0. The second-order valence-corrected chi connectivity index (χ2v) is 3.34. The molecule has 0 saturated carbocycles. The Morgan fingerprint density at radius 3 is 3.08 bits per heavy atom. The van der Waals surface area contributed by atoms with Crippen molar-refractivity contribution in [3.05, 3.63) is 17.8 Å². The van der Waals surface area contributed by atoms with Crippen molar-refractivity contribution >= 4 is 27.4 Å². The van der Waals surface area contributed by atoms with Crippen molar-refractivity contribution < 1.29 is 0 Å². The van der Waals surface area contributed by atoms with Crippen LogP contribution in [-0.2, 0) is 0 Å². The van der Waals surface area contributed by atoms with Crippen LogP contribution < -0.4 is 10.9 Å². The molecule has 0 amide bonds. The molecule has 0 bridgehead atoms. The summed E-state index contributed by atoms with van der Waals surface area (Å²) in [5, 5.41) is 4.48. The summed E-state index contributed by atoms with van der Waals surface area (Å²) in [5.74, 6) is 6.35. The fraction of sp³-hybridized carbons (Fsp3) is 0.143. The lowest BCUT2D eigenvalue weighted by Gasteiger charge is -2.10. The number of nitrogens with two attached hydrogens (primary N) is 1. The van der Waals surface area contributed by atoms with Gasteiger partial charge in [0.05, 0.1) is 5.39 Å². The minimum Gasteiger partial charge on any atom is -0.297 e. The first kappa shape index (κ1) is 7.45. The second-order valence-electron chi connectivity index (χ2n) is 2.45. The standard InChI is InChI=1S/C7H8N4S/c1-11(8)6-5-2-3-12-7(5)10-4-9-6/h2-4H,8H2,1H3. The van der Waals surface area contributed by atoms with Gasteiger partial charge in [-0.3, -0.25) is 5.01 Å². The zero-order valence-electron chi connectivity index (χ0n) is 6.56. The summed E-state index contributed by atoms with van der Waals surface area (Å²) in [7, 11) is 1.76. The third kappa shape index (κ3) is 1.03. The third-order valence-corrected chi connectivity index (χ3v) is 2.40. The third-order valence-electron chi connectivity index (χ3n) is 1.57. The summed E-state index contributed by atoms with van der Waals surface area (Å²) in [4.78, 5) is 9.15. The van der Waals surface area contributed by atoms with Gasteiger partial charge in [-0.25, -0.2) is 15.8 Å². The Labute approximate surface area is 73.6 Å². The Bertz CT molecular complexity index is 395. The van der Waals surface area contributed by atoms with E-state index >= 15 is 0 Å². The van der Waals surface area contributed by atoms with Crippen molar-refractivity contribution in [3.8, 4) is 0 Å². The van der Waals surface area contributed by atoms with E-state index in [0.717, 1.165) is 16.0 Å². The molecule has 0 aliphatic carbocycles. The van der Waals surface area contributed by atoms with Crippen LogP contribution in [0.5, 0.6) is 0 Å². The second kappa shape index (κ2) is 2.69. The zero-order chi connectivity index (χ0) is 8.55. The van der Waals surface area contributed by atoms with Gasteiger partial charge >= 0.3 is 0 Å². The highest BCUT2D eigenvalue weighted by Gasteiger charge is 2.05. The quantitative estimate of drug-likeness (QED) is 0.525. The first-order valence-corrected chi connectivity index (χ1v) is 4.33. The maximum absolute atomic E-state index is 5.59. The number of aromatic nitrogens is 2. The predicted molar refractivity (Wildman–Crippen MR) is 50.0 cm³/mol. The lowest BCUT2D eigenvalue weighted by Crippen LogP contribution is -2.26. The van der Waals surface area contributed by atoms with Crippen LogP contribution >= 0.6 is 11.3 Å². The first-order valence-electron chi connectivity index (χ1n) is 3.45. The Hall–Kier alpha value is -1.20. The van der Waals surface area contributed by atoms with Gasteiger partial charge in [-0.05, 0) is 11.4 Å². The molecule has 0 aliphatic heterocycles. The molecule has 0 saturated heterocycles. The summed E-state index contributed by atoms with van der Waals surface area (Å²) in [6, 6.07) is 1.97. The van der Waals surface area contributed by atoms with Gasteiger partial charge in [-0.2, -0.15) is 0 Å².